The first-order valence-corrected chi connectivity index (χ1v) is 4.87. The second-order valence-corrected chi connectivity index (χ2v) is 3.20. The molecule has 4 heteroatoms. The summed E-state index contributed by atoms with van der Waals surface area (Å²) in [5.41, 5.74) is 8.33. The molecule has 0 spiro atoms. The zero-order valence-corrected chi connectivity index (χ0v) is 8.53. The molecule has 4 nitrogen and oxygen atoms in total. The van der Waals surface area contributed by atoms with E-state index in [4.69, 9.17) is 10.2 Å². The smallest absolute Gasteiger partial charge is 0.176 e. The molecule has 0 saturated heterocycles. The van der Waals surface area contributed by atoms with Crippen molar-refractivity contribution in [3.8, 4) is 0 Å². The van der Waals surface area contributed by atoms with Crippen LogP contribution < -0.4 is 10.7 Å². The minimum Gasteiger partial charge on any atom is -0.460 e. The minimum absolute atomic E-state index is 0.692. The fourth-order valence-electron chi connectivity index (χ4n) is 1.72. The molecule has 2 heterocycles. The van der Waals surface area contributed by atoms with Crippen LogP contribution in [0.15, 0.2) is 22.9 Å². The normalized spacial score (nSPS) is 11.0. The van der Waals surface area contributed by atoms with Crippen molar-refractivity contribution in [2.24, 2.45) is 0 Å². The van der Waals surface area contributed by atoms with Crippen LogP contribution in [0.2, 0.25) is 0 Å². The molecule has 0 aliphatic rings. The van der Waals surface area contributed by atoms with Gasteiger partial charge in [0.05, 0.1) is 18.1 Å². The van der Waals surface area contributed by atoms with Crippen molar-refractivity contribution in [1.29, 1.82) is 0 Å². The third-order valence-electron chi connectivity index (χ3n) is 2.45. The van der Waals surface area contributed by atoms with E-state index < -0.39 is 0 Å². The number of rotatable bonds is 3. The lowest BCUT2D eigenvalue weighted by Gasteiger charge is -2.22. The van der Waals surface area contributed by atoms with Crippen LogP contribution in [-0.2, 0) is 0 Å². The average molecular weight is 193 g/mol. The Balaban J connectivity index is 2.55. The van der Waals surface area contributed by atoms with E-state index in [0.717, 1.165) is 24.2 Å². The molecule has 0 radical (unpaired) electrons. The predicted octanol–water partition coefficient (Wildman–Crippen LogP) is 1.79. The molecule has 0 fully saturated rings. The van der Waals surface area contributed by atoms with Crippen molar-refractivity contribution in [3.05, 3.63) is 18.5 Å². The van der Waals surface area contributed by atoms with Crippen LogP contribution in [0.5, 0.6) is 0 Å². The highest BCUT2D eigenvalue weighted by Crippen LogP contribution is 2.24. The molecule has 0 bridgehead atoms. The lowest BCUT2D eigenvalue weighted by Crippen LogP contribution is -2.33. The van der Waals surface area contributed by atoms with Crippen LogP contribution in [0, 0.1) is 0 Å². The molecular formula is C10H15N3O. The fraction of sp³-hybridized carbons (Fsp3) is 0.400. The lowest BCUT2D eigenvalue weighted by atomic mass is 10.4. The van der Waals surface area contributed by atoms with Gasteiger partial charge in [0, 0.05) is 19.2 Å². The maximum Gasteiger partial charge on any atom is 0.176 e. The molecule has 0 amide bonds. The number of aromatic nitrogens is 1. The summed E-state index contributed by atoms with van der Waals surface area (Å²) in [5.74, 6) is 0. The molecule has 2 aromatic rings. The molecule has 14 heavy (non-hydrogen) atoms. The third kappa shape index (κ3) is 1.14. The first-order chi connectivity index (χ1) is 6.77. The van der Waals surface area contributed by atoms with Gasteiger partial charge in [-0.3, -0.25) is 4.68 Å². The number of fused-ring (bicyclic) bond motifs is 1. The van der Waals surface area contributed by atoms with Gasteiger partial charge in [0.1, 0.15) is 5.52 Å². The van der Waals surface area contributed by atoms with Crippen LogP contribution in [-0.4, -0.2) is 17.8 Å². The molecule has 0 aliphatic heterocycles. The highest BCUT2D eigenvalue weighted by Gasteiger charge is 2.11. The van der Waals surface area contributed by atoms with Gasteiger partial charge in [0.2, 0.25) is 0 Å². The van der Waals surface area contributed by atoms with Gasteiger partial charge in [0.15, 0.2) is 5.58 Å². The van der Waals surface area contributed by atoms with Gasteiger partial charge in [-0.05, 0) is 13.8 Å². The molecule has 0 aromatic carbocycles. The first kappa shape index (κ1) is 8.99. The molecule has 0 saturated carbocycles. The van der Waals surface area contributed by atoms with Gasteiger partial charge in [-0.25, -0.2) is 0 Å². The van der Waals surface area contributed by atoms with E-state index in [9.17, 15) is 0 Å². The van der Waals surface area contributed by atoms with Gasteiger partial charge in [-0.1, -0.05) is 0 Å². The summed E-state index contributed by atoms with van der Waals surface area (Å²) in [7, 11) is 0. The van der Waals surface area contributed by atoms with Crippen LogP contribution in [0.25, 0.3) is 11.1 Å². The number of anilines is 1. The van der Waals surface area contributed by atoms with Crippen LogP contribution in [0.4, 0.5) is 5.69 Å². The number of nitrogens with two attached hydrogens (primary N) is 1. The number of furan rings is 1. The van der Waals surface area contributed by atoms with E-state index in [1.165, 1.54) is 0 Å². The van der Waals surface area contributed by atoms with Crippen LogP contribution in [0.3, 0.4) is 0 Å². The van der Waals surface area contributed by atoms with Gasteiger partial charge in [-0.15, -0.1) is 0 Å². The van der Waals surface area contributed by atoms with Crippen molar-refractivity contribution in [3.63, 3.8) is 0 Å². The second-order valence-electron chi connectivity index (χ2n) is 3.20. The second kappa shape index (κ2) is 3.29. The Morgan fingerprint density at radius 3 is 2.79 bits per heavy atom. The summed E-state index contributed by atoms with van der Waals surface area (Å²) in [6, 6.07) is 1.93. The molecule has 0 unspecified atom stereocenters. The van der Waals surface area contributed by atoms with Gasteiger partial charge in [-0.2, -0.15) is 0 Å². The maximum absolute atomic E-state index is 5.83. The molecular weight excluding hydrogens is 178 g/mol. The molecule has 0 aliphatic carbocycles. The SMILES string of the molecule is CCN(CC)n1cc(N)c2occc21. The minimum atomic E-state index is 0.692. The van der Waals surface area contributed by atoms with E-state index in [0.29, 0.717) is 5.69 Å². The van der Waals surface area contributed by atoms with Gasteiger partial charge >= 0.3 is 0 Å². The van der Waals surface area contributed by atoms with E-state index in [1.807, 2.05) is 16.9 Å². The molecule has 0 atom stereocenters. The fourth-order valence-corrected chi connectivity index (χ4v) is 1.72. The van der Waals surface area contributed by atoms with Crippen molar-refractivity contribution < 1.29 is 4.42 Å². The zero-order chi connectivity index (χ0) is 10.1. The Bertz CT molecular complexity index is 425. The number of hydrogen-bond donors (Lipinski definition) is 1. The predicted molar refractivity (Wildman–Crippen MR) is 57.9 cm³/mol. The molecule has 2 rings (SSSR count). The third-order valence-corrected chi connectivity index (χ3v) is 2.45. The van der Waals surface area contributed by atoms with Gasteiger partial charge in [0.25, 0.3) is 0 Å². The lowest BCUT2D eigenvalue weighted by molar-refractivity contribution is 0.616. The number of nitrogens with zero attached hydrogens (tertiary/aromatic N) is 2. The van der Waals surface area contributed by atoms with E-state index in [1.54, 1.807) is 6.26 Å². The Labute approximate surface area is 82.9 Å². The summed E-state index contributed by atoms with van der Waals surface area (Å²) in [5, 5.41) is 2.19. The highest BCUT2D eigenvalue weighted by atomic mass is 16.3. The Hall–Kier alpha value is -1.58. The molecule has 76 valence electrons. The maximum atomic E-state index is 5.83. The number of hydrogen-bond acceptors (Lipinski definition) is 3. The van der Waals surface area contributed by atoms with Crippen molar-refractivity contribution >= 4 is 16.8 Å². The zero-order valence-electron chi connectivity index (χ0n) is 8.53. The first-order valence-electron chi connectivity index (χ1n) is 4.87. The summed E-state index contributed by atoms with van der Waals surface area (Å²) >= 11 is 0. The summed E-state index contributed by atoms with van der Waals surface area (Å²) in [6.45, 7) is 6.13. The summed E-state index contributed by atoms with van der Waals surface area (Å²) in [4.78, 5) is 0. The number of nitrogen functional groups attached to an aromatic ring is 1. The van der Waals surface area contributed by atoms with Crippen molar-refractivity contribution in [2.75, 3.05) is 23.8 Å². The topological polar surface area (TPSA) is 47.3 Å². The van der Waals surface area contributed by atoms with E-state index in [2.05, 4.69) is 18.9 Å². The Morgan fingerprint density at radius 2 is 2.14 bits per heavy atom. The molecule has 2 aromatic heterocycles. The quantitative estimate of drug-likeness (QED) is 0.808. The summed E-state index contributed by atoms with van der Waals surface area (Å²) in [6.07, 6.45) is 3.57. The van der Waals surface area contributed by atoms with Crippen LogP contribution in [0.1, 0.15) is 13.8 Å². The van der Waals surface area contributed by atoms with E-state index in [-0.39, 0.29) is 0 Å². The highest BCUT2D eigenvalue weighted by molar-refractivity contribution is 5.86. The van der Waals surface area contributed by atoms with Crippen molar-refractivity contribution in [2.45, 2.75) is 13.8 Å². The monoisotopic (exact) mass is 193 g/mol. The standard InChI is InChI=1S/C10H15N3O/c1-3-12(4-2)13-7-8(11)10-9(13)5-6-14-10/h5-7H,3-4,11H2,1-2H3. The van der Waals surface area contributed by atoms with Crippen LogP contribution >= 0.6 is 0 Å². The average Bonchev–Trinajstić information content (AvgIpc) is 2.74. The Kier molecular flexibility index (Phi) is 2.11. The van der Waals surface area contributed by atoms with Crippen molar-refractivity contribution in [1.82, 2.24) is 4.68 Å². The Morgan fingerprint density at radius 1 is 1.43 bits per heavy atom. The molecule has 2 N–H and O–H groups in total. The summed E-state index contributed by atoms with van der Waals surface area (Å²) < 4.78 is 7.35. The largest absolute Gasteiger partial charge is 0.460 e. The van der Waals surface area contributed by atoms with E-state index >= 15 is 0 Å². The van der Waals surface area contributed by atoms with Gasteiger partial charge < -0.3 is 15.2 Å².